The number of hydrogen-bond donors (Lipinski definition) is 1. The summed E-state index contributed by atoms with van der Waals surface area (Å²) in [7, 11) is 0. The lowest BCUT2D eigenvalue weighted by Crippen LogP contribution is -2.24. The molecule has 0 aromatic carbocycles. The van der Waals surface area contributed by atoms with Crippen LogP contribution in [0.25, 0.3) is 0 Å². The Kier molecular flexibility index (Phi) is 5.33. The molecular formula is C10H19NO2S. The Balaban J connectivity index is 2.11. The third-order valence-corrected chi connectivity index (χ3v) is 3.47. The van der Waals surface area contributed by atoms with Crippen molar-refractivity contribution in [1.29, 1.82) is 0 Å². The third kappa shape index (κ3) is 4.33. The van der Waals surface area contributed by atoms with E-state index >= 15 is 0 Å². The van der Waals surface area contributed by atoms with Gasteiger partial charge in [-0.15, -0.1) is 0 Å². The van der Waals surface area contributed by atoms with E-state index in [1.807, 2.05) is 11.8 Å². The Bertz CT molecular complexity index is 187. The van der Waals surface area contributed by atoms with Crippen LogP contribution in [0.3, 0.4) is 0 Å². The molecule has 4 heteroatoms. The summed E-state index contributed by atoms with van der Waals surface area (Å²) in [4.78, 5) is 12.9. The first-order valence-corrected chi connectivity index (χ1v) is 6.39. The molecular weight excluding hydrogens is 198 g/mol. The molecule has 1 unspecified atom stereocenters. The zero-order chi connectivity index (χ0) is 10.4. The predicted octanol–water partition coefficient (Wildman–Crippen LogP) is 1.54. The Morgan fingerprint density at radius 2 is 2.43 bits per heavy atom. The molecule has 0 radical (unpaired) electrons. The van der Waals surface area contributed by atoms with Crippen LogP contribution in [0, 0.1) is 5.92 Å². The van der Waals surface area contributed by atoms with Gasteiger partial charge < -0.3 is 10.0 Å². The number of thioether (sulfide) groups is 1. The molecule has 3 nitrogen and oxygen atoms in total. The summed E-state index contributed by atoms with van der Waals surface area (Å²) >= 11 is 1.95. The van der Waals surface area contributed by atoms with Crippen molar-refractivity contribution in [3.05, 3.63) is 0 Å². The van der Waals surface area contributed by atoms with Gasteiger partial charge in [0.2, 0.25) is 0 Å². The van der Waals surface area contributed by atoms with Gasteiger partial charge in [0, 0.05) is 25.3 Å². The van der Waals surface area contributed by atoms with Crippen LogP contribution in [0.1, 0.15) is 19.8 Å². The smallest absolute Gasteiger partial charge is 0.303 e. The van der Waals surface area contributed by atoms with Crippen LogP contribution in [0.15, 0.2) is 0 Å². The van der Waals surface area contributed by atoms with Crippen molar-refractivity contribution in [2.45, 2.75) is 19.8 Å². The van der Waals surface area contributed by atoms with Gasteiger partial charge in [0.25, 0.3) is 0 Å². The van der Waals surface area contributed by atoms with Crippen molar-refractivity contribution in [3.8, 4) is 0 Å². The second kappa shape index (κ2) is 6.30. The zero-order valence-corrected chi connectivity index (χ0v) is 9.55. The average molecular weight is 217 g/mol. The van der Waals surface area contributed by atoms with E-state index in [9.17, 15) is 4.79 Å². The summed E-state index contributed by atoms with van der Waals surface area (Å²) in [6.45, 7) is 5.36. The Morgan fingerprint density at radius 3 is 3.07 bits per heavy atom. The Labute approximate surface area is 89.9 Å². The van der Waals surface area contributed by atoms with Gasteiger partial charge in [-0.2, -0.15) is 11.8 Å². The SMILES string of the molecule is CCSCCN1CCC(CC(=O)O)C1. The van der Waals surface area contributed by atoms with Crippen LogP contribution in [0.5, 0.6) is 0 Å². The van der Waals surface area contributed by atoms with Gasteiger partial charge in [-0.05, 0) is 24.6 Å². The molecule has 0 aromatic rings. The fourth-order valence-corrected chi connectivity index (χ4v) is 2.54. The number of hydrogen-bond acceptors (Lipinski definition) is 3. The maximum Gasteiger partial charge on any atom is 0.303 e. The quantitative estimate of drug-likeness (QED) is 0.685. The van der Waals surface area contributed by atoms with Gasteiger partial charge in [-0.1, -0.05) is 6.92 Å². The normalized spacial score (nSPS) is 22.8. The van der Waals surface area contributed by atoms with Gasteiger partial charge in [0.1, 0.15) is 0 Å². The van der Waals surface area contributed by atoms with Crippen molar-refractivity contribution < 1.29 is 9.90 Å². The number of carboxylic acid groups (broad SMARTS) is 1. The molecule has 82 valence electrons. The molecule has 0 spiro atoms. The van der Waals surface area contributed by atoms with Gasteiger partial charge in [0.05, 0.1) is 0 Å². The van der Waals surface area contributed by atoms with E-state index in [1.165, 1.54) is 11.5 Å². The fourth-order valence-electron chi connectivity index (χ4n) is 1.87. The Hall–Kier alpha value is -0.220. The monoisotopic (exact) mass is 217 g/mol. The second-order valence-electron chi connectivity index (χ2n) is 3.75. The van der Waals surface area contributed by atoms with Gasteiger partial charge >= 0.3 is 5.97 Å². The number of carboxylic acids is 1. The van der Waals surface area contributed by atoms with E-state index < -0.39 is 5.97 Å². The molecule has 0 aliphatic carbocycles. The van der Waals surface area contributed by atoms with E-state index in [0.29, 0.717) is 12.3 Å². The second-order valence-corrected chi connectivity index (χ2v) is 5.14. The average Bonchev–Trinajstić information content (AvgIpc) is 2.52. The van der Waals surface area contributed by atoms with Crippen LogP contribution in [-0.2, 0) is 4.79 Å². The Morgan fingerprint density at radius 1 is 1.64 bits per heavy atom. The summed E-state index contributed by atoms with van der Waals surface area (Å²) in [6.07, 6.45) is 1.40. The maximum atomic E-state index is 10.5. The molecule has 1 fully saturated rings. The number of carbonyl (C=O) groups is 1. The largest absolute Gasteiger partial charge is 0.481 e. The molecule has 14 heavy (non-hydrogen) atoms. The van der Waals surface area contributed by atoms with Gasteiger partial charge in [0.15, 0.2) is 0 Å². The van der Waals surface area contributed by atoms with Crippen LogP contribution < -0.4 is 0 Å². The highest BCUT2D eigenvalue weighted by Gasteiger charge is 2.23. The maximum absolute atomic E-state index is 10.5. The van der Waals surface area contributed by atoms with Crippen molar-refractivity contribution in [2.75, 3.05) is 31.1 Å². The predicted molar refractivity (Wildman–Crippen MR) is 59.8 cm³/mol. The summed E-state index contributed by atoms with van der Waals surface area (Å²) < 4.78 is 0. The highest BCUT2D eigenvalue weighted by Crippen LogP contribution is 2.19. The highest BCUT2D eigenvalue weighted by atomic mass is 32.2. The first-order valence-electron chi connectivity index (χ1n) is 5.24. The number of rotatable bonds is 6. The van der Waals surface area contributed by atoms with Gasteiger partial charge in [-0.3, -0.25) is 4.79 Å². The number of likely N-dealkylation sites (tertiary alicyclic amines) is 1. The molecule has 1 saturated heterocycles. The van der Waals surface area contributed by atoms with Crippen LogP contribution in [-0.4, -0.2) is 47.1 Å². The summed E-state index contributed by atoms with van der Waals surface area (Å²) in [5, 5.41) is 8.65. The molecule has 1 atom stereocenters. The van der Waals surface area contributed by atoms with Crippen LogP contribution in [0.4, 0.5) is 0 Å². The topological polar surface area (TPSA) is 40.5 Å². The van der Waals surface area contributed by atoms with E-state index in [2.05, 4.69) is 11.8 Å². The van der Waals surface area contributed by atoms with Crippen molar-refractivity contribution in [2.24, 2.45) is 5.92 Å². The summed E-state index contributed by atoms with van der Waals surface area (Å²) in [5.41, 5.74) is 0. The van der Waals surface area contributed by atoms with Crippen molar-refractivity contribution in [3.63, 3.8) is 0 Å². The summed E-state index contributed by atoms with van der Waals surface area (Å²) in [6, 6.07) is 0. The van der Waals surface area contributed by atoms with E-state index in [1.54, 1.807) is 0 Å². The number of aliphatic carboxylic acids is 1. The highest BCUT2D eigenvalue weighted by molar-refractivity contribution is 7.99. The lowest BCUT2D eigenvalue weighted by atomic mass is 10.1. The molecule has 1 rings (SSSR count). The summed E-state index contributed by atoms with van der Waals surface area (Å²) in [5.74, 6) is 2.08. The number of nitrogens with zero attached hydrogens (tertiary/aromatic N) is 1. The minimum Gasteiger partial charge on any atom is -0.481 e. The molecule has 1 aliphatic heterocycles. The van der Waals surface area contributed by atoms with Crippen LogP contribution in [0.2, 0.25) is 0 Å². The van der Waals surface area contributed by atoms with Crippen molar-refractivity contribution in [1.82, 2.24) is 4.90 Å². The van der Waals surface area contributed by atoms with Gasteiger partial charge in [-0.25, -0.2) is 0 Å². The molecule has 0 bridgehead atoms. The van der Waals surface area contributed by atoms with E-state index in [-0.39, 0.29) is 0 Å². The minimum absolute atomic E-state index is 0.345. The lowest BCUT2D eigenvalue weighted by Gasteiger charge is -2.14. The fraction of sp³-hybridized carbons (Fsp3) is 0.900. The van der Waals surface area contributed by atoms with Crippen LogP contribution >= 0.6 is 11.8 Å². The zero-order valence-electron chi connectivity index (χ0n) is 8.74. The lowest BCUT2D eigenvalue weighted by molar-refractivity contribution is -0.138. The molecule has 0 amide bonds. The van der Waals surface area contributed by atoms with E-state index in [0.717, 1.165) is 26.1 Å². The molecule has 1 heterocycles. The minimum atomic E-state index is -0.653. The molecule has 1 N–H and O–H groups in total. The van der Waals surface area contributed by atoms with E-state index in [4.69, 9.17) is 5.11 Å². The molecule has 0 aromatic heterocycles. The molecule has 1 aliphatic rings. The first-order chi connectivity index (χ1) is 6.72. The van der Waals surface area contributed by atoms with Crippen molar-refractivity contribution >= 4 is 17.7 Å². The first kappa shape index (κ1) is 11.9. The standard InChI is InChI=1S/C10H19NO2S/c1-2-14-6-5-11-4-3-9(8-11)7-10(12)13/h9H,2-8H2,1H3,(H,12,13). The molecule has 0 saturated carbocycles. The third-order valence-electron chi connectivity index (χ3n) is 2.59.